The van der Waals surface area contributed by atoms with Crippen molar-refractivity contribution in [3.05, 3.63) is 0 Å². The number of nitrogens with one attached hydrogen (secondary N) is 1. The first kappa shape index (κ1) is 21.8. The fourth-order valence-electron chi connectivity index (χ4n) is 3.89. The van der Waals surface area contributed by atoms with Gasteiger partial charge in [0.1, 0.15) is 17.8 Å². The van der Waals surface area contributed by atoms with E-state index in [2.05, 4.69) is 5.32 Å². The summed E-state index contributed by atoms with van der Waals surface area (Å²) in [6.45, 7) is 7.99. The Kier molecular flexibility index (Phi) is 7.00. The molecule has 0 radical (unpaired) electrons. The predicted molar refractivity (Wildman–Crippen MR) is 104 cm³/mol. The molecule has 9 nitrogen and oxygen atoms in total. The summed E-state index contributed by atoms with van der Waals surface area (Å²) in [5, 5.41) is 2.90. The lowest BCUT2D eigenvalue weighted by Gasteiger charge is -2.42. The average molecular weight is 411 g/mol. The minimum atomic E-state index is -0.592. The van der Waals surface area contributed by atoms with Crippen molar-refractivity contribution in [2.24, 2.45) is 0 Å². The highest BCUT2D eigenvalue weighted by Gasteiger charge is 2.38. The van der Waals surface area contributed by atoms with Crippen LogP contribution in [0.2, 0.25) is 0 Å². The van der Waals surface area contributed by atoms with Gasteiger partial charge in [-0.2, -0.15) is 0 Å². The smallest absolute Gasteiger partial charge is 0.410 e. The summed E-state index contributed by atoms with van der Waals surface area (Å²) >= 11 is 0. The lowest BCUT2D eigenvalue weighted by molar-refractivity contribution is -0.146. The Morgan fingerprint density at radius 2 is 1.69 bits per heavy atom. The molecule has 3 fully saturated rings. The molecule has 3 amide bonds. The van der Waals surface area contributed by atoms with E-state index in [1.165, 1.54) is 0 Å². The van der Waals surface area contributed by atoms with Crippen LogP contribution in [0, 0.1) is 0 Å². The van der Waals surface area contributed by atoms with Gasteiger partial charge >= 0.3 is 6.09 Å². The van der Waals surface area contributed by atoms with Gasteiger partial charge in [0.05, 0.1) is 6.04 Å². The first-order chi connectivity index (χ1) is 13.7. The van der Waals surface area contributed by atoms with Crippen molar-refractivity contribution in [2.75, 3.05) is 39.4 Å². The second kappa shape index (κ2) is 9.30. The molecule has 3 atom stereocenters. The molecule has 3 saturated heterocycles. The summed E-state index contributed by atoms with van der Waals surface area (Å²) in [6.07, 6.45) is 1.89. The molecule has 3 heterocycles. The molecule has 3 aliphatic heterocycles. The van der Waals surface area contributed by atoms with Crippen molar-refractivity contribution < 1.29 is 28.6 Å². The topological polar surface area (TPSA) is 97.4 Å². The van der Waals surface area contributed by atoms with Gasteiger partial charge in [-0.1, -0.05) is 0 Å². The van der Waals surface area contributed by atoms with Gasteiger partial charge in [-0.15, -0.1) is 0 Å². The van der Waals surface area contributed by atoms with Crippen molar-refractivity contribution in [3.8, 4) is 0 Å². The van der Waals surface area contributed by atoms with Gasteiger partial charge in [0.25, 0.3) is 5.91 Å². The van der Waals surface area contributed by atoms with E-state index in [4.69, 9.17) is 14.2 Å². The lowest BCUT2D eigenvalue weighted by Crippen LogP contribution is -2.62. The van der Waals surface area contributed by atoms with Crippen molar-refractivity contribution in [1.82, 2.24) is 15.1 Å². The zero-order valence-corrected chi connectivity index (χ0v) is 17.6. The Balaban J connectivity index is 1.64. The molecule has 3 aliphatic rings. The number of hydrogen-bond acceptors (Lipinski definition) is 6. The van der Waals surface area contributed by atoms with Crippen LogP contribution in [0.3, 0.4) is 0 Å². The lowest BCUT2D eigenvalue weighted by atomic mass is 10.1. The molecule has 0 unspecified atom stereocenters. The third kappa shape index (κ3) is 5.82. The summed E-state index contributed by atoms with van der Waals surface area (Å²) in [4.78, 5) is 41.2. The fraction of sp³-hybridized carbons (Fsp3) is 0.850. The Morgan fingerprint density at radius 1 is 1.03 bits per heavy atom. The Morgan fingerprint density at radius 3 is 2.28 bits per heavy atom. The predicted octanol–water partition coefficient (Wildman–Crippen LogP) is 0.909. The second-order valence-electron chi connectivity index (χ2n) is 8.86. The third-order valence-electron chi connectivity index (χ3n) is 5.36. The maximum Gasteiger partial charge on any atom is 0.410 e. The largest absolute Gasteiger partial charge is 0.444 e. The molecule has 1 N–H and O–H groups in total. The molecular formula is C20H33N3O6. The van der Waals surface area contributed by atoms with Crippen LogP contribution in [0.5, 0.6) is 0 Å². The molecule has 0 spiro atoms. The van der Waals surface area contributed by atoms with Crippen LogP contribution in [0.4, 0.5) is 4.79 Å². The number of rotatable bonds is 4. The van der Waals surface area contributed by atoms with Gasteiger partial charge in [0.2, 0.25) is 5.91 Å². The van der Waals surface area contributed by atoms with E-state index < -0.39 is 23.9 Å². The Hall–Kier alpha value is -1.87. The zero-order valence-electron chi connectivity index (χ0n) is 17.6. The summed E-state index contributed by atoms with van der Waals surface area (Å²) in [6, 6.07) is -0.335. The van der Waals surface area contributed by atoms with Crippen LogP contribution in [0.1, 0.15) is 46.5 Å². The maximum atomic E-state index is 12.9. The van der Waals surface area contributed by atoms with E-state index in [1.807, 2.05) is 20.8 Å². The van der Waals surface area contributed by atoms with Gasteiger partial charge in [0, 0.05) is 39.4 Å². The van der Waals surface area contributed by atoms with E-state index in [1.54, 1.807) is 9.80 Å². The first-order valence-corrected chi connectivity index (χ1v) is 10.5. The minimum Gasteiger partial charge on any atom is -0.444 e. The van der Waals surface area contributed by atoms with Gasteiger partial charge in [-0.3, -0.25) is 9.59 Å². The number of nitrogens with zero attached hydrogens (tertiary/aromatic N) is 2. The number of hydrogen-bond donors (Lipinski definition) is 1. The quantitative estimate of drug-likeness (QED) is 0.739. The highest BCUT2D eigenvalue weighted by Crippen LogP contribution is 2.20. The SMILES string of the molecule is CC(C)(C)OC(=O)N1CCN(C(=O)[C@@H]2CCCO2)[C@@H](CNC(=O)[C@H]2CCCO2)C1. The third-order valence-corrected chi connectivity index (χ3v) is 5.36. The molecule has 0 aliphatic carbocycles. The molecule has 0 aromatic rings. The van der Waals surface area contributed by atoms with Crippen LogP contribution < -0.4 is 5.32 Å². The van der Waals surface area contributed by atoms with E-state index in [0.29, 0.717) is 45.7 Å². The normalized spacial score (nSPS) is 27.8. The minimum absolute atomic E-state index is 0.0669. The van der Waals surface area contributed by atoms with Crippen LogP contribution in [0.25, 0.3) is 0 Å². The molecule has 0 aromatic heterocycles. The molecule has 0 bridgehead atoms. The molecule has 0 aromatic carbocycles. The molecule has 164 valence electrons. The highest BCUT2D eigenvalue weighted by atomic mass is 16.6. The summed E-state index contributed by atoms with van der Waals surface area (Å²) in [7, 11) is 0. The zero-order chi connectivity index (χ0) is 21.0. The van der Waals surface area contributed by atoms with E-state index in [-0.39, 0.29) is 24.4 Å². The Labute approximate surface area is 172 Å². The van der Waals surface area contributed by atoms with Crippen molar-refractivity contribution in [1.29, 1.82) is 0 Å². The molecule has 0 saturated carbocycles. The molecule has 3 rings (SSSR count). The van der Waals surface area contributed by atoms with Crippen LogP contribution in [0.15, 0.2) is 0 Å². The highest BCUT2D eigenvalue weighted by molar-refractivity contribution is 5.83. The Bertz CT molecular complexity index is 608. The standard InChI is InChI=1S/C20H33N3O6/c1-20(2,3)29-19(26)22-8-9-23(18(25)16-7-5-11-28-16)14(13-22)12-21-17(24)15-6-4-10-27-15/h14-16H,4-13H2,1-3H3,(H,21,24)/t14-,15+,16-/m0/s1. The van der Waals surface area contributed by atoms with E-state index >= 15 is 0 Å². The monoisotopic (exact) mass is 411 g/mol. The van der Waals surface area contributed by atoms with Gasteiger partial charge in [-0.05, 0) is 46.5 Å². The van der Waals surface area contributed by atoms with Crippen molar-refractivity contribution in [2.45, 2.75) is 70.3 Å². The van der Waals surface area contributed by atoms with Gasteiger partial charge < -0.3 is 29.3 Å². The maximum absolute atomic E-state index is 12.9. The fourth-order valence-corrected chi connectivity index (χ4v) is 3.89. The molecular weight excluding hydrogens is 378 g/mol. The first-order valence-electron chi connectivity index (χ1n) is 10.5. The van der Waals surface area contributed by atoms with E-state index in [9.17, 15) is 14.4 Å². The number of carbonyl (C=O) groups excluding carboxylic acids is 3. The summed E-state index contributed by atoms with van der Waals surface area (Å²) < 4.78 is 16.5. The number of carbonyl (C=O) groups is 3. The number of ether oxygens (including phenoxy) is 3. The summed E-state index contributed by atoms with van der Waals surface area (Å²) in [5.74, 6) is -0.232. The van der Waals surface area contributed by atoms with E-state index in [0.717, 1.165) is 12.8 Å². The average Bonchev–Trinajstić information content (AvgIpc) is 3.37. The molecule has 29 heavy (non-hydrogen) atoms. The second-order valence-corrected chi connectivity index (χ2v) is 8.86. The van der Waals surface area contributed by atoms with Gasteiger partial charge in [-0.25, -0.2) is 4.79 Å². The van der Waals surface area contributed by atoms with Crippen LogP contribution in [-0.4, -0.2) is 91.0 Å². The van der Waals surface area contributed by atoms with Crippen molar-refractivity contribution >= 4 is 17.9 Å². The van der Waals surface area contributed by atoms with Gasteiger partial charge in [0.15, 0.2) is 0 Å². The number of amides is 3. The molecule has 9 heteroatoms. The number of piperazine rings is 1. The summed E-state index contributed by atoms with van der Waals surface area (Å²) in [5.41, 5.74) is -0.592. The van der Waals surface area contributed by atoms with Crippen LogP contribution in [-0.2, 0) is 23.8 Å². The van der Waals surface area contributed by atoms with Crippen molar-refractivity contribution in [3.63, 3.8) is 0 Å². The van der Waals surface area contributed by atoms with Crippen LogP contribution >= 0.6 is 0 Å².